The quantitative estimate of drug-likeness (QED) is 0.237. The third-order valence-electron chi connectivity index (χ3n) is 5.53. The molecule has 1 aromatic rings. The summed E-state index contributed by atoms with van der Waals surface area (Å²) in [6.07, 6.45) is 17.3. The fourth-order valence-corrected chi connectivity index (χ4v) is 3.47. The SMILES string of the molecule is CCCCCCCCCCCCCCCC(=O)Nc1ccc(OC(C)(C)C(=O)O)cc1. The van der Waals surface area contributed by atoms with E-state index in [1.54, 1.807) is 24.3 Å². The standard InChI is InChI=1S/C26H43NO4/c1-4-5-6-7-8-9-10-11-12-13-14-15-16-17-24(28)27-22-18-20-23(21-19-22)31-26(2,3)25(29)30/h18-21H,4-17H2,1-3H3,(H,27,28)(H,29,30). The zero-order chi connectivity index (χ0) is 23.0. The van der Waals surface area contributed by atoms with Crippen LogP contribution in [0, 0.1) is 0 Å². The number of carboxylic acid groups (broad SMARTS) is 1. The average Bonchev–Trinajstić information content (AvgIpc) is 2.72. The van der Waals surface area contributed by atoms with Gasteiger partial charge in [-0.1, -0.05) is 84.0 Å². The van der Waals surface area contributed by atoms with E-state index in [4.69, 9.17) is 9.84 Å². The zero-order valence-electron chi connectivity index (χ0n) is 19.9. The van der Waals surface area contributed by atoms with E-state index in [2.05, 4.69) is 12.2 Å². The van der Waals surface area contributed by atoms with Crippen molar-refractivity contribution in [1.82, 2.24) is 0 Å². The number of amides is 1. The topological polar surface area (TPSA) is 75.6 Å². The van der Waals surface area contributed by atoms with Crippen molar-refractivity contribution in [1.29, 1.82) is 0 Å². The highest BCUT2D eigenvalue weighted by atomic mass is 16.5. The minimum absolute atomic E-state index is 0.0163. The molecule has 0 bridgehead atoms. The fraction of sp³-hybridized carbons (Fsp3) is 0.692. The maximum absolute atomic E-state index is 12.1. The highest BCUT2D eigenvalue weighted by Gasteiger charge is 2.29. The number of carboxylic acids is 1. The summed E-state index contributed by atoms with van der Waals surface area (Å²) < 4.78 is 5.46. The van der Waals surface area contributed by atoms with Crippen molar-refractivity contribution < 1.29 is 19.4 Å². The summed E-state index contributed by atoms with van der Waals surface area (Å²) in [4.78, 5) is 23.2. The van der Waals surface area contributed by atoms with Crippen LogP contribution < -0.4 is 10.1 Å². The lowest BCUT2D eigenvalue weighted by atomic mass is 10.0. The third kappa shape index (κ3) is 13.1. The Bertz CT molecular complexity index is 625. The van der Waals surface area contributed by atoms with E-state index in [1.165, 1.54) is 84.5 Å². The Labute approximate surface area is 189 Å². The van der Waals surface area contributed by atoms with Crippen molar-refractivity contribution in [3.63, 3.8) is 0 Å². The summed E-state index contributed by atoms with van der Waals surface area (Å²) >= 11 is 0. The molecule has 0 unspecified atom stereocenters. The number of hydrogen-bond acceptors (Lipinski definition) is 3. The van der Waals surface area contributed by atoms with Gasteiger partial charge in [0, 0.05) is 12.1 Å². The van der Waals surface area contributed by atoms with Crippen LogP contribution in [0.2, 0.25) is 0 Å². The molecule has 0 aliphatic heterocycles. The molecule has 5 heteroatoms. The van der Waals surface area contributed by atoms with Crippen molar-refractivity contribution in [2.24, 2.45) is 0 Å². The van der Waals surface area contributed by atoms with E-state index < -0.39 is 11.6 Å². The van der Waals surface area contributed by atoms with Crippen LogP contribution in [0.3, 0.4) is 0 Å². The maximum Gasteiger partial charge on any atom is 0.347 e. The van der Waals surface area contributed by atoms with Gasteiger partial charge in [0.15, 0.2) is 5.60 Å². The normalized spacial score (nSPS) is 11.3. The molecule has 31 heavy (non-hydrogen) atoms. The lowest BCUT2D eigenvalue weighted by molar-refractivity contribution is -0.152. The number of nitrogens with one attached hydrogen (secondary N) is 1. The van der Waals surface area contributed by atoms with Gasteiger partial charge in [-0.3, -0.25) is 4.79 Å². The monoisotopic (exact) mass is 433 g/mol. The number of aliphatic carboxylic acids is 1. The highest BCUT2D eigenvalue weighted by Crippen LogP contribution is 2.21. The lowest BCUT2D eigenvalue weighted by Gasteiger charge is -2.21. The molecule has 0 radical (unpaired) electrons. The Balaban J connectivity index is 2.05. The van der Waals surface area contributed by atoms with Crippen LogP contribution in [-0.2, 0) is 9.59 Å². The molecule has 1 aromatic carbocycles. The second kappa shape index (κ2) is 15.7. The second-order valence-corrected chi connectivity index (χ2v) is 8.98. The van der Waals surface area contributed by atoms with Gasteiger partial charge in [-0.05, 0) is 44.5 Å². The van der Waals surface area contributed by atoms with E-state index in [9.17, 15) is 9.59 Å². The number of ether oxygens (including phenoxy) is 1. The lowest BCUT2D eigenvalue weighted by Crippen LogP contribution is -2.37. The van der Waals surface area contributed by atoms with Crippen LogP contribution in [0.4, 0.5) is 5.69 Å². The Morgan fingerprint density at radius 1 is 0.806 bits per heavy atom. The van der Waals surface area contributed by atoms with Crippen LogP contribution in [0.25, 0.3) is 0 Å². The molecule has 5 nitrogen and oxygen atoms in total. The minimum atomic E-state index is -1.29. The van der Waals surface area contributed by atoms with Gasteiger partial charge < -0.3 is 15.2 Å². The van der Waals surface area contributed by atoms with Gasteiger partial charge in [-0.15, -0.1) is 0 Å². The van der Waals surface area contributed by atoms with Crippen molar-refractivity contribution in [2.75, 3.05) is 5.32 Å². The largest absolute Gasteiger partial charge is 0.478 e. The highest BCUT2D eigenvalue weighted by molar-refractivity contribution is 5.90. The average molecular weight is 434 g/mol. The molecule has 176 valence electrons. The molecule has 1 rings (SSSR count). The Morgan fingerprint density at radius 2 is 1.26 bits per heavy atom. The molecule has 0 heterocycles. The first-order valence-corrected chi connectivity index (χ1v) is 12.2. The van der Waals surface area contributed by atoms with Gasteiger partial charge in [0.25, 0.3) is 0 Å². The van der Waals surface area contributed by atoms with Crippen molar-refractivity contribution in [2.45, 2.75) is 116 Å². The van der Waals surface area contributed by atoms with Gasteiger partial charge in [-0.25, -0.2) is 4.79 Å². The predicted octanol–water partition coefficient (Wildman–Crippen LogP) is 7.35. The molecule has 0 fully saturated rings. The van der Waals surface area contributed by atoms with Crippen LogP contribution in [0.15, 0.2) is 24.3 Å². The number of carbonyl (C=O) groups is 2. The van der Waals surface area contributed by atoms with Gasteiger partial charge in [0.05, 0.1) is 0 Å². The van der Waals surface area contributed by atoms with Crippen molar-refractivity contribution in [3.05, 3.63) is 24.3 Å². The first-order valence-electron chi connectivity index (χ1n) is 12.2. The minimum Gasteiger partial charge on any atom is -0.478 e. The smallest absolute Gasteiger partial charge is 0.347 e. The van der Waals surface area contributed by atoms with Crippen LogP contribution in [0.1, 0.15) is 111 Å². The number of rotatable bonds is 18. The summed E-state index contributed by atoms with van der Waals surface area (Å²) in [5.74, 6) is -0.549. The van der Waals surface area contributed by atoms with E-state index in [1.807, 2.05) is 0 Å². The summed E-state index contributed by atoms with van der Waals surface area (Å²) in [6, 6.07) is 6.81. The molecule has 0 aromatic heterocycles. The van der Waals surface area contributed by atoms with E-state index >= 15 is 0 Å². The molecule has 0 saturated heterocycles. The zero-order valence-corrected chi connectivity index (χ0v) is 19.9. The molecule has 2 N–H and O–H groups in total. The Kier molecular flexibility index (Phi) is 13.7. The molecular formula is C26H43NO4. The molecule has 1 amide bonds. The molecular weight excluding hydrogens is 390 g/mol. The Morgan fingerprint density at radius 3 is 1.71 bits per heavy atom. The summed E-state index contributed by atoms with van der Waals surface area (Å²) in [5, 5.41) is 12.0. The number of benzene rings is 1. The number of anilines is 1. The second-order valence-electron chi connectivity index (χ2n) is 8.98. The van der Waals surface area contributed by atoms with E-state index in [-0.39, 0.29) is 5.91 Å². The summed E-state index contributed by atoms with van der Waals surface area (Å²) in [6.45, 7) is 5.26. The van der Waals surface area contributed by atoms with Crippen molar-refractivity contribution in [3.8, 4) is 5.75 Å². The van der Waals surface area contributed by atoms with E-state index in [0.717, 1.165) is 12.8 Å². The molecule has 0 spiro atoms. The van der Waals surface area contributed by atoms with Gasteiger partial charge in [0.2, 0.25) is 5.91 Å². The van der Waals surface area contributed by atoms with Crippen LogP contribution in [-0.4, -0.2) is 22.6 Å². The Hall–Kier alpha value is -2.04. The van der Waals surface area contributed by atoms with Crippen LogP contribution >= 0.6 is 0 Å². The molecule has 0 saturated carbocycles. The van der Waals surface area contributed by atoms with Gasteiger partial charge in [-0.2, -0.15) is 0 Å². The third-order valence-corrected chi connectivity index (χ3v) is 5.53. The summed E-state index contributed by atoms with van der Waals surface area (Å²) in [7, 11) is 0. The maximum atomic E-state index is 12.1. The predicted molar refractivity (Wildman–Crippen MR) is 128 cm³/mol. The number of carbonyl (C=O) groups excluding carboxylic acids is 1. The first kappa shape index (κ1) is 27.0. The van der Waals surface area contributed by atoms with Crippen LogP contribution in [0.5, 0.6) is 5.75 Å². The van der Waals surface area contributed by atoms with Gasteiger partial charge >= 0.3 is 5.97 Å². The van der Waals surface area contributed by atoms with Gasteiger partial charge in [0.1, 0.15) is 5.75 Å². The van der Waals surface area contributed by atoms with Crippen molar-refractivity contribution >= 4 is 17.6 Å². The summed E-state index contributed by atoms with van der Waals surface area (Å²) in [5.41, 5.74) is -0.598. The molecule has 0 aliphatic carbocycles. The molecule has 0 aliphatic rings. The first-order chi connectivity index (χ1) is 14.8. The fourth-order valence-electron chi connectivity index (χ4n) is 3.47. The number of hydrogen-bond donors (Lipinski definition) is 2. The molecule has 0 atom stereocenters. The number of unbranched alkanes of at least 4 members (excludes halogenated alkanes) is 12. The van der Waals surface area contributed by atoms with E-state index in [0.29, 0.717) is 17.9 Å².